The molecule has 0 saturated carbocycles. The lowest BCUT2D eigenvalue weighted by atomic mass is 10.0. The van der Waals surface area contributed by atoms with E-state index >= 15 is 0 Å². The zero-order valence-electron chi connectivity index (χ0n) is 15.9. The molecule has 1 heterocycles. The fraction of sp³-hybridized carbons (Fsp3) is 1.00. The molecule has 0 unspecified atom stereocenters. The third-order valence-corrected chi connectivity index (χ3v) is 4.63. The summed E-state index contributed by atoms with van der Waals surface area (Å²) in [6.45, 7) is 7.28. The van der Waals surface area contributed by atoms with Crippen molar-refractivity contribution in [1.82, 2.24) is 0 Å². The van der Waals surface area contributed by atoms with Gasteiger partial charge in [-0.2, -0.15) is 0 Å². The van der Waals surface area contributed by atoms with Gasteiger partial charge in [-0.25, -0.2) is 0 Å². The Balaban J connectivity index is 2.24. The van der Waals surface area contributed by atoms with Crippen LogP contribution in [-0.2, 0) is 14.2 Å². The molecule has 0 aliphatic carbocycles. The van der Waals surface area contributed by atoms with Crippen molar-refractivity contribution in [3.8, 4) is 0 Å². The summed E-state index contributed by atoms with van der Waals surface area (Å²) in [5.74, 6) is 0. The maximum atomic E-state index is 6.17. The van der Waals surface area contributed by atoms with Crippen LogP contribution in [0, 0.1) is 0 Å². The van der Waals surface area contributed by atoms with Gasteiger partial charge in [0.1, 0.15) is 0 Å². The van der Waals surface area contributed by atoms with Crippen LogP contribution in [0.1, 0.15) is 104 Å². The second-order valence-electron chi connectivity index (χ2n) is 6.85. The second-order valence-corrected chi connectivity index (χ2v) is 6.85. The molecule has 1 aliphatic rings. The van der Waals surface area contributed by atoms with Gasteiger partial charge in [0.2, 0.25) is 0 Å². The highest BCUT2D eigenvalue weighted by atomic mass is 16.8. The number of hydrogen-bond donors (Lipinski definition) is 0. The molecule has 3 nitrogen and oxygen atoms in total. The van der Waals surface area contributed by atoms with Crippen molar-refractivity contribution >= 4 is 0 Å². The highest BCUT2D eigenvalue weighted by Crippen LogP contribution is 2.26. The van der Waals surface area contributed by atoms with Crippen LogP contribution in [0.5, 0.6) is 0 Å². The Kier molecular flexibility index (Phi) is 13.0. The SMILES string of the molecule is CCCCCCC[C@@H]1C[C@@H](OCC)O[C@H](CCCCCCC)O1. The predicted molar refractivity (Wildman–Crippen MR) is 96.5 cm³/mol. The van der Waals surface area contributed by atoms with E-state index in [1.54, 1.807) is 0 Å². The summed E-state index contributed by atoms with van der Waals surface area (Å²) in [7, 11) is 0. The van der Waals surface area contributed by atoms with Crippen LogP contribution in [0.3, 0.4) is 0 Å². The number of hydrogen-bond acceptors (Lipinski definition) is 3. The van der Waals surface area contributed by atoms with Gasteiger partial charge in [-0.05, 0) is 26.2 Å². The molecule has 1 aliphatic heterocycles. The van der Waals surface area contributed by atoms with E-state index in [9.17, 15) is 0 Å². The highest BCUT2D eigenvalue weighted by molar-refractivity contribution is 4.68. The first-order chi connectivity index (χ1) is 11.3. The summed E-state index contributed by atoms with van der Waals surface area (Å²) in [6.07, 6.45) is 16.4. The fourth-order valence-corrected chi connectivity index (χ4v) is 3.25. The van der Waals surface area contributed by atoms with Crippen LogP contribution < -0.4 is 0 Å². The number of ether oxygens (including phenoxy) is 3. The maximum Gasteiger partial charge on any atom is 0.163 e. The molecule has 1 fully saturated rings. The molecule has 3 heteroatoms. The molecule has 0 radical (unpaired) electrons. The average molecular weight is 329 g/mol. The van der Waals surface area contributed by atoms with E-state index in [1.807, 2.05) is 6.92 Å². The molecule has 0 spiro atoms. The van der Waals surface area contributed by atoms with E-state index in [-0.39, 0.29) is 12.6 Å². The Morgan fingerprint density at radius 3 is 1.96 bits per heavy atom. The summed E-state index contributed by atoms with van der Waals surface area (Å²) in [6, 6.07) is 0. The van der Waals surface area contributed by atoms with Gasteiger partial charge >= 0.3 is 0 Å². The molecule has 0 aromatic heterocycles. The topological polar surface area (TPSA) is 27.7 Å². The van der Waals surface area contributed by atoms with Crippen molar-refractivity contribution in [1.29, 1.82) is 0 Å². The first-order valence-electron chi connectivity index (χ1n) is 10.2. The lowest BCUT2D eigenvalue weighted by Gasteiger charge is -2.35. The Morgan fingerprint density at radius 2 is 1.35 bits per heavy atom. The molecule has 0 N–H and O–H groups in total. The summed E-state index contributed by atoms with van der Waals surface area (Å²) < 4.78 is 17.9. The van der Waals surface area contributed by atoms with Crippen LogP contribution in [0.25, 0.3) is 0 Å². The van der Waals surface area contributed by atoms with Crippen LogP contribution in [0.15, 0.2) is 0 Å². The first-order valence-corrected chi connectivity index (χ1v) is 10.2. The van der Waals surface area contributed by atoms with Gasteiger partial charge in [-0.15, -0.1) is 0 Å². The van der Waals surface area contributed by atoms with Crippen molar-refractivity contribution in [3.05, 3.63) is 0 Å². The fourth-order valence-electron chi connectivity index (χ4n) is 3.25. The Bertz CT molecular complexity index is 235. The Morgan fingerprint density at radius 1 is 0.739 bits per heavy atom. The maximum absolute atomic E-state index is 6.17. The van der Waals surface area contributed by atoms with Crippen LogP contribution in [0.2, 0.25) is 0 Å². The van der Waals surface area contributed by atoms with Crippen LogP contribution in [0.4, 0.5) is 0 Å². The molecular weight excluding hydrogens is 288 g/mol. The zero-order valence-corrected chi connectivity index (χ0v) is 15.9. The zero-order chi connectivity index (χ0) is 16.8. The monoisotopic (exact) mass is 328 g/mol. The number of rotatable bonds is 14. The lowest BCUT2D eigenvalue weighted by molar-refractivity contribution is -0.308. The average Bonchev–Trinajstić information content (AvgIpc) is 2.55. The molecule has 0 bridgehead atoms. The molecule has 1 rings (SSSR count). The van der Waals surface area contributed by atoms with Gasteiger partial charge < -0.3 is 14.2 Å². The molecule has 1 saturated heterocycles. The molecular formula is C20H40O3. The smallest absolute Gasteiger partial charge is 0.163 e. The van der Waals surface area contributed by atoms with E-state index in [1.165, 1.54) is 64.2 Å². The summed E-state index contributed by atoms with van der Waals surface area (Å²) in [4.78, 5) is 0. The summed E-state index contributed by atoms with van der Waals surface area (Å²) in [5.41, 5.74) is 0. The van der Waals surface area contributed by atoms with Gasteiger partial charge in [0.25, 0.3) is 0 Å². The minimum atomic E-state index is -0.0602. The Labute approximate surface area is 144 Å². The Hall–Kier alpha value is -0.120. The van der Waals surface area contributed by atoms with Crippen molar-refractivity contribution in [3.63, 3.8) is 0 Å². The van der Waals surface area contributed by atoms with Gasteiger partial charge in [-0.1, -0.05) is 71.6 Å². The van der Waals surface area contributed by atoms with Crippen LogP contribution in [-0.4, -0.2) is 25.3 Å². The minimum absolute atomic E-state index is 0.0532. The quantitative estimate of drug-likeness (QED) is 0.355. The molecule has 0 aromatic rings. The van der Waals surface area contributed by atoms with E-state index in [0.29, 0.717) is 6.10 Å². The van der Waals surface area contributed by atoms with E-state index in [4.69, 9.17) is 14.2 Å². The van der Waals surface area contributed by atoms with E-state index in [2.05, 4.69) is 13.8 Å². The standard InChI is InChI=1S/C20H40O3/c1-4-7-9-11-13-15-18-17-20(21-6-3)23-19(22-18)16-14-12-10-8-5-2/h18-20H,4-17H2,1-3H3/t18-,19-,20+/m1/s1. The number of unbranched alkanes of at least 4 members (excludes halogenated alkanes) is 8. The second kappa shape index (κ2) is 14.2. The molecule has 138 valence electrons. The van der Waals surface area contributed by atoms with Gasteiger partial charge in [0.05, 0.1) is 6.10 Å². The van der Waals surface area contributed by atoms with Gasteiger partial charge in [-0.3, -0.25) is 0 Å². The van der Waals surface area contributed by atoms with Crippen molar-refractivity contribution < 1.29 is 14.2 Å². The minimum Gasteiger partial charge on any atom is -0.353 e. The summed E-state index contributed by atoms with van der Waals surface area (Å²) in [5, 5.41) is 0. The molecule has 0 aromatic carbocycles. The van der Waals surface area contributed by atoms with Crippen LogP contribution >= 0.6 is 0 Å². The van der Waals surface area contributed by atoms with Crippen molar-refractivity contribution in [2.45, 2.75) is 123 Å². The normalized spacial score (nSPS) is 24.9. The van der Waals surface area contributed by atoms with Gasteiger partial charge in [0.15, 0.2) is 12.6 Å². The van der Waals surface area contributed by atoms with E-state index < -0.39 is 0 Å². The lowest BCUT2D eigenvalue weighted by Crippen LogP contribution is -2.39. The third kappa shape index (κ3) is 10.4. The third-order valence-electron chi connectivity index (χ3n) is 4.63. The molecule has 23 heavy (non-hydrogen) atoms. The van der Waals surface area contributed by atoms with Gasteiger partial charge in [0, 0.05) is 13.0 Å². The van der Waals surface area contributed by atoms with Crippen molar-refractivity contribution in [2.75, 3.05) is 6.61 Å². The first kappa shape index (κ1) is 20.9. The largest absolute Gasteiger partial charge is 0.353 e. The summed E-state index contributed by atoms with van der Waals surface area (Å²) >= 11 is 0. The van der Waals surface area contributed by atoms with E-state index in [0.717, 1.165) is 25.9 Å². The van der Waals surface area contributed by atoms with Crippen molar-refractivity contribution in [2.24, 2.45) is 0 Å². The molecule has 0 amide bonds. The predicted octanol–water partition coefficient (Wildman–Crippen LogP) is 6.20. The highest BCUT2D eigenvalue weighted by Gasteiger charge is 2.29. The molecule has 3 atom stereocenters.